The van der Waals surface area contributed by atoms with Gasteiger partial charge >= 0.3 is 0 Å². The molecular weight excluding hydrogens is 304 g/mol. The molecule has 1 fully saturated rings. The number of hydrogen-bond donors (Lipinski definition) is 1. The maximum absolute atomic E-state index is 12.5. The Morgan fingerprint density at radius 1 is 1.17 bits per heavy atom. The first-order valence-electron chi connectivity index (χ1n) is 8.16. The number of amides is 1. The number of aromatic nitrogens is 1. The minimum Gasteiger partial charge on any atom is -0.492 e. The van der Waals surface area contributed by atoms with Gasteiger partial charge in [-0.1, -0.05) is 12.1 Å². The molecule has 0 bridgehead atoms. The molecule has 24 heavy (non-hydrogen) atoms. The van der Waals surface area contributed by atoms with Crippen molar-refractivity contribution in [3.05, 3.63) is 48.3 Å². The second-order valence-electron chi connectivity index (χ2n) is 5.66. The Morgan fingerprint density at radius 3 is 2.58 bits per heavy atom. The van der Waals surface area contributed by atoms with E-state index in [1.807, 2.05) is 30.0 Å². The van der Waals surface area contributed by atoms with Crippen LogP contribution in [0.4, 0.5) is 11.4 Å². The molecule has 6 nitrogen and oxygen atoms in total. The van der Waals surface area contributed by atoms with Gasteiger partial charge in [0.05, 0.1) is 24.2 Å². The van der Waals surface area contributed by atoms with Gasteiger partial charge in [-0.15, -0.1) is 0 Å². The number of benzene rings is 1. The van der Waals surface area contributed by atoms with Gasteiger partial charge in [0.1, 0.15) is 11.4 Å². The number of pyridine rings is 1. The van der Waals surface area contributed by atoms with E-state index in [1.54, 1.807) is 12.1 Å². The van der Waals surface area contributed by atoms with Gasteiger partial charge in [0.15, 0.2) is 0 Å². The zero-order valence-corrected chi connectivity index (χ0v) is 13.8. The quantitative estimate of drug-likeness (QED) is 0.931. The third-order valence-corrected chi connectivity index (χ3v) is 4.08. The second kappa shape index (κ2) is 7.21. The average Bonchev–Trinajstić information content (AvgIpc) is 2.63. The predicted molar refractivity (Wildman–Crippen MR) is 94.4 cm³/mol. The lowest BCUT2D eigenvalue weighted by atomic mass is 10.2. The van der Waals surface area contributed by atoms with Crippen molar-refractivity contribution < 1.29 is 9.53 Å². The van der Waals surface area contributed by atoms with E-state index >= 15 is 0 Å². The number of rotatable bonds is 4. The van der Waals surface area contributed by atoms with Crippen molar-refractivity contribution in [2.24, 2.45) is 0 Å². The van der Waals surface area contributed by atoms with E-state index in [-0.39, 0.29) is 5.91 Å². The standard InChI is InChI=1S/C18H22N4O2/c1-2-24-17-6-4-3-5-16(17)21-9-11-22(12-10-21)18(23)15-8-7-14(19)13-20-15/h3-8,13H,2,9-12,19H2,1H3. The first-order chi connectivity index (χ1) is 11.7. The summed E-state index contributed by atoms with van der Waals surface area (Å²) in [6.45, 7) is 5.47. The van der Waals surface area contributed by atoms with Crippen molar-refractivity contribution >= 4 is 17.3 Å². The van der Waals surface area contributed by atoms with Crippen molar-refractivity contribution in [2.75, 3.05) is 43.4 Å². The molecule has 0 radical (unpaired) electrons. The molecule has 3 rings (SSSR count). The van der Waals surface area contributed by atoms with Gasteiger partial charge in [-0.25, -0.2) is 4.98 Å². The van der Waals surface area contributed by atoms with E-state index in [2.05, 4.69) is 16.0 Å². The Bertz CT molecular complexity index is 694. The molecule has 1 saturated heterocycles. The molecule has 1 amide bonds. The minimum absolute atomic E-state index is 0.0484. The molecule has 1 aliphatic heterocycles. The number of nitrogens with two attached hydrogens (primary N) is 1. The van der Waals surface area contributed by atoms with Crippen LogP contribution in [0.3, 0.4) is 0 Å². The molecule has 0 aliphatic carbocycles. The van der Waals surface area contributed by atoms with Crippen molar-refractivity contribution in [1.82, 2.24) is 9.88 Å². The number of carbonyl (C=O) groups excluding carboxylic acids is 1. The summed E-state index contributed by atoms with van der Waals surface area (Å²) in [6, 6.07) is 11.4. The number of piperazine rings is 1. The Hall–Kier alpha value is -2.76. The monoisotopic (exact) mass is 326 g/mol. The van der Waals surface area contributed by atoms with Gasteiger partial charge in [0.25, 0.3) is 5.91 Å². The van der Waals surface area contributed by atoms with Gasteiger partial charge in [-0.05, 0) is 31.2 Å². The van der Waals surface area contributed by atoms with Crippen LogP contribution in [0.2, 0.25) is 0 Å². The Kier molecular flexibility index (Phi) is 4.84. The third kappa shape index (κ3) is 3.42. The minimum atomic E-state index is -0.0484. The summed E-state index contributed by atoms with van der Waals surface area (Å²) in [6.07, 6.45) is 1.52. The van der Waals surface area contributed by atoms with E-state index < -0.39 is 0 Å². The van der Waals surface area contributed by atoms with Gasteiger partial charge in [-0.3, -0.25) is 4.79 Å². The fourth-order valence-corrected chi connectivity index (χ4v) is 2.84. The normalized spacial score (nSPS) is 14.5. The summed E-state index contributed by atoms with van der Waals surface area (Å²) in [5.74, 6) is 0.840. The third-order valence-electron chi connectivity index (χ3n) is 4.08. The Morgan fingerprint density at radius 2 is 1.92 bits per heavy atom. The summed E-state index contributed by atoms with van der Waals surface area (Å²) in [5, 5.41) is 0. The first-order valence-corrected chi connectivity index (χ1v) is 8.16. The Balaban J connectivity index is 1.65. The topological polar surface area (TPSA) is 71.7 Å². The number of nitrogens with zero attached hydrogens (tertiary/aromatic N) is 3. The fourth-order valence-electron chi connectivity index (χ4n) is 2.84. The van der Waals surface area contributed by atoms with Crippen LogP contribution in [0.25, 0.3) is 0 Å². The van der Waals surface area contributed by atoms with Gasteiger partial charge < -0.3 is 20.3 Å². The van der Waals surface area contributed by atoms with E-state index in [9.17, 15) is 4.79 Å². The number of para-hydroxylation sites is 2. The number of hydrogen-bond acceptors (Lipinski definition) is 5. The lowest BCUT2D eigenvalue weighted by Crippen LogP contribution is -2.49. The van der Waals surface area contributed by atoms with Crippen LogP contribution < -0.4 is 15.4 Å². The SMILES string of the molecule is CCOc1ccccc1N1CCN(C(=O)c2ccc(N)cn2)CC1. The first kappa shape index (κ1) is 16.1. The van der Waals surface area contributed by atoms with E-state index in [0.717, 1.165) is 24.5 Å². The lowest BCUT2D eigenvalue weighted by molar-refractivity contribution is 0.0741. The number of nitrogen functional groups attached to an aromatic ring is 1. The molecule has 1 aliphatic rings. The maximum atomic E-state index is 12.5. The highest BCUT2D eigenvalue weighted by Gasteiger charge is 2.24. The van der Waals surface area contributed by atoms with E-state index in [0.29, 0.717) is 31.1 Å². The van der Waals surface area contributed by atoms with Crippen molar-refractivity contribution in [1.29, 1.82) is 0 Å². The molecule has 1 aromatic carbocycles. The molecule has 1 aromatic heterocycles. The highest BCUT2D eigenvalue weighted by atomic mass is 16.5. The van der Waals surface area contributed by atoms with Crippen LogP contribution in [-0.2, 0) is 0 Å². The summed E-state index contributed by atoms with van der Waals surface area (Å²) < 4.78 is 5.70. The van der Waals surface area contributed by atoms with E-state index in [1.165, 1.54) is 6.20 Å². The number of carbonyl (C=O) groups is 1. The number of ether oxygens (including phenoxy) is 1. The fraction of sp³-hybridized carbons (Fsp3) is 0.333. The van der Waals surface area contributed by atoms with E-state index in [4.69, 9.17) is 10.5 Å². The molecule has 0 spiro atoms. The van der Waals surface area contributed by atoms with Crippen LogP contribution in [0, 0.1) is 0 Å². The van der Waals surface area contributed by atoms with Crippen LogP contribution in [-0.4, -0.2) is 48.6 Å². The molecule has 2 aromatic rings. The molecule has 0 unspecified atom stereocenters. The largest absolute Gasteiger partial charge is 0.492 e. The highest BCUT2D eigenvalue weighted by Crippen LogP contribution is 2.28. The molecular formula is C18H22N4O2. The molecule has 0 atom stereocenters. The zero-order chi connectivity index (χ0) is 16.9. The van der Waals surface area contributed by atoms with Crippen molar-refractivity contribution in [3.63, 3.8) is 0 Å². The number of anilines is 2. The average molecular weight is 326 g/mol. The predicted octanol–water partition coefficient (Wildman–Crippen LogP) is 2.02. The molecule has 126 valence electrons. The van der Waals surface area contributed by atoms with Gasteiger partial charge in [0, 0.05) is 26.2 Å². The lowest BCUT2D eigenvalue weighted by Gasteiger charge is -2.36. The smallest absolute Gasteiger partial charge is 0.272 e. The second-order valence-corrected chi connectivity index (χ2v) is 5.66. The zero-order valence-electron chi connectivity index (χ0n) is 13.8. The molecule has 2 N–H and O–H groups in total. The summed E-state index contributed by atoms with van der Waals surface area (Å²) in [4.78, 5) is 20.7. The van der Waals surface area contributed by atoms with Crippen LogP contribution in [0.1, 0.15) is 17.4 Å². The highest BCUT2D eigenvalue weighted by molar-refractivity contribution is 5.92. The summed E-state index contributed by atoms with van der Waals surface area (Å²) in [7, 11) is 0. The van der Waals surface area contributed by atoms with Gasteiger partial charge in [-0.2, -0.15) is 0 Å². The van der Waals surface area contributed by atoms with Crippen molar-refractivity contribution in [3.8, 4) is 5.75 Å². The van der Waals surface area contributed by atoms with Crippen LogP contribution >= 0.6 is 0 Å². The maximum Gasteiger partial charge on any atom is 0.272 e. The van der Waals surface area contributed by atoms with Crippen molar-refractivity contribution in [2.45, 2.75) is 6.92 Å². The molecule has 6 heteroatoms. The van der Waals surface area contributed by atoms with Gasteiger partial charge in [0.2, 0.25) is 0 Å². The van der Waals surface area contributed by atoms with Crippen LogP contribution in [0.15, 0.2) is 42.6 Å². The Labute approximate surface area is 141 Å². The molecule has 2 heterocycles. The molecule has 0 saturated carbocycles. The summed E-state index contributed by atoms with van der Waals surface area (Å²) >= 11 is 0. The summed E-state index contributed by atoms with van der Waals surface area (Å²) in [5.41, 5.74) is 7.70. The van der Waals surface area contributed by atoms with Crippen LogP contribution in [0.5, 0.6) is 5.75 Å².